The van der Waals surface area contributed by atoms with Crippen LogP contribution in [0.1, 0.15) is 28.7 Å². The second-order valence-electron chi connectivity index (χ2n) is 5.95. The molecule has 0 saturated heterocycles. The van der Waals surface area contributed by atoms with Crippen LogP contribution in [0.3, 0.4) is 0 Å². The summed E-state index contributed by atoms with van der Waals surface area (Å²) in [4.78, 5) is 30.9. The Morgan fingerprint density at radius 1 is 1.19 bits per heavy atom. The van der Waals surface area contributed by atoms with Gasteiger partial charge >= 0.3 is 0 Å². The quantitative estimate of drug-likeness (QED) is 0.669. The third-order valence-corrected chi connectivity index (χ3v) is 4.07. The summed E-state index contributed by atoms with van der Waals surface area (Å²) in [6, 6.07) is 12.6. The molecule has 3 aromatic rings. The Morgan fingerprint density at radius 3 is 2.85 bits per heavy atom. The maximum absolute atomic E-state index is 12.3. The highest BCUT2D eigenvalue weighted by atomic mass is 16.5. The number of rotatable bonds is 6. The first-order valence-corrected chi connectivity index (χ1v) is 8.58. The van der Waals surface area contributed by atoms with Gasteiger partial charge in [-0.1, -0.05) is 25.1 Å². The molecule has 0 bridgehead atoms. The molecule has 6 nitrogen and oxygen atoms in total. The molecule has 0 aliphatic rings. The predicted molar refractivity (Wildman–Crippen MR) is 101 cm³/mol. The van der Waals surface area contributed by atoms with Crippen molar-refractivity contribution in [2.45, 2.75) is 20.3 Å². The summed E-state index contributed by atoms with van der Waals surface area (Å²) in [5, 5.41) is 3.83. The fourth-order valence-corrected chi connectivity index (χ4v) is 2.76. The van der Waals surface area contributed by atoms with E-state index in [1.165, 1.54) is 6.07 Å². The number of H-pyrrole nitrogens is 1. The van der Waals surface area contributed by atoms with Crippen LogP contribution in [0.5, 0.6) is 5.75 Å². The van der Waals surface area contributed by atoms with E-state index in [-0.39, 0.29) is 11.5 Å². The highest BCUT2D eigenvalue weighted by Crippen LogP contribution is 2.23. The zero-order valence-corrected chi connectivity index (χ0v) is 14.8. The van der Waals surface area contributed by atoms with Gasteiger partial charge in [0, 0.05) is 22.8 Å². The van der Waals surface area contributed by atoms with Gasteiger partial charge in [0.05, 0.1) is 12.1 Å². The highest BCUT2D eigenvalue weighted by molar-refractivity contribution is 5.95. The standard InChI is InChI=1S/C20H21N3O3/c1-3-16-15(9-10-18(24)23-16)20(25)21-11-12-26-17-6-4-5-14-8-7-13(2)22-19(14)17/h4-10H,3,11-12H2,1-2H3,(H,21,25)(H,23,24). The molecule has 3 rings (SSSR count). The van der Waals surface area contributed by atoms with E-state index in [4.69, 9.17) is 4.74 Å². The number of hydrogen-bond donors (Lipinski definition) is 2. The average molecular weight is 351 g/mol. The van der Waals surface area contributed by atoms with Gasteiger partial charge in [-0.25, -0.2) is 4.98 Å². The van der Waals surface area contributed by atoms with Crippen molar-refractivity contribution in [1.82, 2.24) is 15.3 Å². The highest BCUT2D eigenvalue weighted by Gasteiger charge is 2.11. The van der Waals surface area contributed by atoms with E-state index >= 15 is 0 Å². The minimum Gasteiger partial charge on any atom is -0.489 e. The fourth-order valence-electron chi connectivity index (χ4n) is 2.76. The van der Waals surface area contributed by atoms with Gasteiger partial charge in [0.15, 0.2) is 0 Å². The van der Waals surface area contributed by atoms with E-state index in [0.717, 1.165) is 16.6 Å². The SMILES string of the molecule is CCc1[nH]c(=O)ccc1C(=O)NCCOc1cccc2ccc(C)nc12. The van der Waals surface area contributed by atoms with Gasteiger partial charge in [-0.2, -0.15) is 0 Å². The Balaban J connectivity index is 1.62. The Bertz CT molecular complexity index is 995. The molecule has 1 amide bonds. The number of aryl methyl sites for hydroxylation is 2. The van der Waals surface area contributed by atoms with Gasteiger partial charge in [-0.15, -0.1) is 0 Å². The first-order valence-electron chi connectivity index (χ1n) is 8.58. The van der Waals surface area contributed by atoms with Crippen molar-refractivity contribution in [3.63, 3.8) is 0 Å². The van der Waals surface area contributed by atoms with Crippen molar-refractivity contribution in [2.24, 2.45) is 0 Å². The van der Waals surface area contributed by atoms with Crippen molar-refractivity contribution in [2.75, 3.05) is 13.2 Å². The second kappa shape index (κ2) is 7.82. The van der Waals surface area contributed by atoms with Crippen molar-refractivity contribution in [3.05, 3.63) is 69.8 Å². The third-order valence-electron chi connectivity index (χ3n) is 4.07. The zero-order valence-electron chi connectivity index (χ0n) is 14.8. The number of fused-ring (bicyclic) bond motifs is 1. The lowest BCUT2D eigenvalue weighted by molar-refractivity contribution is 0.0945. The van der Waals surface area contributed by atoms with Gasteiger partial charge in [-0.05, 0) is 31.5 Å². The molecule has 0 spiro atoms. The molecule has 0 atom stereocenters. The van der Waals surface area contributed by atoms with Crippen molar-refractivity contribution in [1.29, 1.82) is 0 Å². The molecule has 1 aromatic carbocycles. The molecule has 2 N–H and O–H groups in total. The van der Waals surface area contributed by atoms with Crippen LogP contribution in [-0.2, 0) is 6.42 Å². The lowest BCUT2D eigenvalue weighted by atomic mass is 10.1. The molecule has 6 heteroatoms. The molecule has 0 aliphatic carbocycles. The summed E-state index contributed by atoms with van der Waals surface area (Å²) in [7, 11) is 0. The molecule has 134 valence electrons. The first-order chi connectivity index (χ1) is 12.6. The molecule has 2 heterocycles. The molecule has 0 aliphatic heterocycles. The molecular formula is C20H21N3O3. The number of carbonyl (C=O) groups excluding carboxylic acids is 1. The van der Waals surface area contributed by atoms with Crippen molar-refractivity contribution >= 4 is 16.8 Å². The normalized spacial score (nSPS) is 10.7. The number of amides is 1. The summed E-state index contributed by atoms with van der Waals surface area (Å²) in [5.41, 5.74) is 2.64. The van der Waals surface area contributed by atoms with Crippen LogP contribution in [0.2, 0.25) is 0 Å². The van der Waals surface area contributed by atoms with Gasteiger partial charge in [-0.3, -0.25) is 9.59 Å². The third kappa shape index (κ3) is 3.91. The molecule has 0 unspecified atom stereocenters. The van der Waals surface area contributed by atoms with Gasteiger partial charge in [0.2, 0.25) is 5.56 Å². The first kappa shape index (κ1) is 17.7. The molecule has 26 heavy (non-hydrogen) atoms. The smallest absolute Gasteiger partial charge is 0.253 e. The summed E-state index contributed by atoms with van der Waals surface area (Å²) < 4.78 is 5.80. The topological polar surface area (TPSA) is 84.1 Å². The van der Waals surface area contributed by atoms with Crippen LogP contribution in [0.25, 0.3) is 10.9 Å². The summed E-state index contributed by atoms with van der Waals surface area (Å²) in [5.74, 6) is 0.465. The van der Waals surface area contributed by atoms with Crippen LogP contribution in [0, 0.1) is 6.92 Å². The number of carbonyl (C=O) groups is 1. The number of hydrogen-bond acceptors (Lipinski definition) is 4. The maximum Gasteiger partial charge on any atom is 0.253 e. The van der Waals surface area contributed by atoms with E-state index in [2.05, 4.69) is 15.3 Å². The number of aromatic amines is 1. The van der Waals surface area contributed by atoms with E-state index in [1.54, 1.807) is 6.07 Å². The Hall–Kier alpha value is -3.15. The Morgan fingerprint density at radius 2 is 2.04 bits per heavy atom. The monoisotopic (exact) mass is 351 g/mol. The van der Waals surface area contributed by atoms with Gasteiger partial charge < -0.3 is 15.0 Å². The van der Waals surface area contributed by atoms with E-state index < -0.39 is 0 Å². The van der Waals surface area contributed by atoms with Crippen LogP contribution in [0.4, 0.5) is 0 Å². The zero-order chi connectivity index (χ0) is 18.5. The largest absolute Gasteiger partial charge is 0.489 e. The molecule has 0 saturated carbocycles. The number of pyridine rings is 2. The molecule has 2 aromatic heterocycles. The van der Waals surface area contributed by atoms with Crippen LogP contribution in [0.15, 0.2) is 47.3 Å². The maximum atomic E-state index is 12.3. The minimum absolute atomic E-state index is 0.208. The predicted octanol–water partition coefficient (Wildman–Crippen LogP) is 2.60. The van der Waals surface area contributed by atoms with Crippen LogP contribution < -0.4 is 15.6 Å². The lowest BCUT2D eigenvalue weighted by Gasteiger charge is -2.11. The van der Waals surface area contributed by atoms with Crippen LogP contribution in [-0.4, -0.2) is 29.0 Å². The van der Waals surface area contributed by atoms with E-state index in [9.17, 15) is 9.59 Å². The van der Waals surface area contributed by atoms with Gasteiger partial charge in [0.1, 0.15) is 17.9 Å². The lowest BCUT2D eigenvalue weighted by Crippen LogP contribution is -2.29. The molecular weight excluding hydrogens is 330 g/mol. The van der Waals surface area contributed by atoms with E-state index in [0.29, 0.717) is 36.6 Å². The second-order valence-corrected chi connectivity index (χ2v) is 5.95. The van der Waals surface area contributed by atoms with Crippen LogP contribution >= 0.6 is 0 Å². The molecule has 0 fully saturated rings. The average Bonchev–Trinajstić information content (AvgIpc) is 2.65. The fraction of sp³-hybridized carbons (Fsp3) is 0.250. The molecule has 0 radical (unpaired) electrons. The van der Waals surface area contributed by atoms with Crippen molar-refractivity contribution in [3.8, 4) is 5.75 Å². The van der Waals surface area contributed by atoms with E-state index in [1.807, 2.05) is 44.2 Å². The number of ether oxygens (including phenoxy) is 1. The number of nitrogens with one attached hydrogen (secondary N) is 2. The number of para-hydroxylation sites is 1. The van der Waals surface area contributed by atoms with Crippen molar-refractivity contribution < 1.29 is 9.53 Å². The van der Waals surface area contributed by atoms with Gasteiger partial charge in [0.25, 0.3) is 5.91 Å². The Kier molecular flexibility index (Phi) is 5.31. The number of nitrogens with zero attached hydrogens (tertiary/aromatic N) is 1. The minimum atomic E-state index is -0.228. The number of benzene rings is 1. The summed E-state index contributed by atoms with van der Waals surface area (Å²) in [6.45, 7) is 4.50. The summed E-state index contributed by atoms with van der Waals surface area (Å²) in [6.07, 6.45) is 0.580. The number of aromatic nitrogens is 2. The summed E-state index contributed by atoms with van der Waals surface area (Å²) >= 11 is 0. The Labute approximate surface area is 151 Å².